The number of carbonyl (C=O) groups is 2. The van der Waals surface area contributed by atoms with Gasteiger partial charge in [0.15, 0.2) is 0 Å². The quantitative estimate of drug-likeness (QED) is 0.637. The fourth-order valence-corrected chi connectivity index (χ4v) is 8.34. The van der Waals surface area contributed by atoms with Crippen molar-refractivity contribution in [1.29, 1.82) is 0 Å². The highest BCUT2D eigenvalue weighted by Gasteiger charge is 2.54. The van der Waals surface area contributed by atoms with Gasteiger partial charge in [0.1, 0.15) is 5.00 Å². The minimum absolute atomic E-state index is 0.174. The molecule has 0 aromatic carbocycles. The van der Waals surface area contributed by atoms with Crippen molar-refractivity contribution in [3.8, 4) is 0 Å². The molecule has 1 heterocycles. The molecule has 4 fully saturated rings. The number of anilines is 1. The van der Waals surface area contributed by atoms with Gasteiger partial charge in [0, 0.05) is 4.88 Å². The number of esters is 1. The summed E-state index contributed by atoms with van der Waals surface area (Å²) in [5, 5.41) is 4.03. The average Bonchev–Trinajstić information content (AvgIpc) is 3.01. The van der Waals surface area contributed by atoms with E-state index in [4.69, 9.17) is 4.74 Å². The number of amides is 1. The van der Waals surface area contributed by atoms with Crippen molar-refractivity contribution in [2.45, 2.75) is 78.1 Å². The maximum absolute atomic E-state index is 13.6. The SMILES string of the molecule is CCCOC(=O)c1c(NC(=O)C23CC4CC(CC(C4)C2)C3)sc2c1CCC(C)C2. The van der Waals surface area contributed by atoms with E-state index in [1.54, 1.807) is 11.3 Å². The number of hydrogen-bond donors (Lipinski definition) is 1. The molecule has 1 amide bonds. The Morgan fingerprint density at radius 2 is 1.79 bits per heavy atom. The van der Waals surface area contributed by atoms with Gasteiger partial charge in [-0.25, -0.2) is 4.79 Å². The van der Waals surface area contributed by atoms with Crippen LogP contribution in [0.25, 0.3) is 0 Å². The maximum Gasteiger partial charge on any atom is 0.341 e. The van der Waals surface area contributed by atoms with Crippen LogP contribution in [0.4, 0.5) is 5.00 Å². The molecule has 1 aromatic heterocycles. The standard InChI is InChI=1S/C24H33NO3S/c1-3-6-28-22(26)20-18-5-4-14(2)7-19(18)29-21(20)25-23(27)24-11-15-8-16(12-24)10-17(9-15)13-24/h14-17H,3-13H2,1-2H3,(H,25,27). The summed E-state index contributed by atoms with van der Waals surface area (Å²) >= 11 is 1.63. The van der Waals surface area contributed by atoms with E-state index >= 15 is 0 Å². The van der Waals surface area contributed by atoms with Crippen LogP contribution in [0.15, 0.2) is 0 Å². The van der Waals surface area contributed by atoms with Crippen LogP contribution in [-0.4, -0.2) is 18.5 Å². The molecular formula is C24H33NO3S. The molecule has 4 bridgehead atoms. The second-order valence-corrected chi connectivity index (χ2v) is 11.4. The molecule has 0 radical (unpaired) electrons. The van der Waals surface area contributed by atoms with Crippen LogP contribution in [0.2, 0.25) is 0 Å². The van der Waals surface area contributed by atoms with E-state index in [-0.39, 0.29) is 17.3 Å². The Morgan fingerprint density at radius 1 is 1.14 bits per heavy atom. The molecule has 4 saturated carbocycles. The van der Waals surface area contributed by atoms with E-state index in [0.29, 0.717) is 18.1 Å². The monoisotopic (exact) mass is 415 g/mol. The second-order valence-electron chi connectivity index (χ2n) is 10.3. The topological polar surface area (TPSA) is 55.4 Å². The van der Waals surface area contributed by atoms with Gasteiger partial charge >= 0.3 is 5.97 Å². The van der Waals surface area contributed by atoms with Crippen LogP contribution in [0.1, 0.15) is 86.0 Å². The van der Waals surface area contributed by atoms with Crippen molar-refractivity contribution in [2.24, 2.45) is 29.1 Å². The number of fused-ring (bicyclic) bond motifs is 1. The molecule has 1 atom stereocenters. The van der Waals surface area contributed by atoms with Crippen LogP contribution in [0.3, 0.4) is 0 Å². The van der Waals surface area contributed by atoms with Crippen LogP contribution >= 0.6 is 11.3 Å². The maximum atomic E-state index is 13.6. The molecule has 1 unspecified atom stereocenters. The van der Waals surface area contributed by atoms with Gasteiger partial charge in [0.25, 0.3) is 0 Å². The van der Waals surface area contributed by atoms with Crippen molar-refractivity contribution in [1.82, 2.24) is 0 Å². The van der Waals surface area contributed by atoms with E-state index in [1.807, 2.05) is 6.92 Å². The molecule has 1 aromatic rings. The summed E-state index contributed by atoms with van der Waals surface area (Å²) in [5.41, 5.74) is 1.59. The molecule has 0 aliphatic heterocycles. The van der Waals surface area contributed by atoms with E-state index < -0.39 is 0 Å². The van der Waals surface area contributed by atoms with Gasteiger partial charge < -0.3 is 10.1 Å². The van der Waals surface area contributed by atoms with Crippen molar-refractivity contribution < 1.29 is 14.3 Å². The Morgan fingerprint density at radius 3 is 2.41 bits per heavy atom. The van der Waals surface area contributed by atoms with Crippen LogP contribution in [0, 0.1) is 29.1 Å². The Labute approximate surface area is 177 Å². The van der Waals surface area contributed by atoms with Gasteiger partial charge in [0.05, 0.1) is 17.6 Å². The largest absolute Gasteiger partial charge is 0.462 e. The van der Waals surface area contributed by atoms with Gasteiger partial charge in [-0.3, -0.25) is 4.79 Å². The Balaban J connectivity index is 1.43. The van der Waals surface area contributed by atoms with Crippen LogP contribution in [0.5, 0.6) is 0 Å². The van der Waals surface area contributed by atoms with Crippen molar-refractivity contribution in [3.63, 3.8) is 0 Å². The predicted molar refractivity (Wildman–Crippen MR) is 115 cm³/mol. The number of hydrogen-bond acceptors (Lipinski definition) is 4. The predicted octanol–water partition coefficient (Wildman–Crippen LogP) is 5.59. The molecule has 5 aliphatic carbocycles. The highest BCUT2D eigenvalue weighted by atomic mass is 32.1. The summed E-state index contributed by atoms with van der Waals surface area (Å²) in [6, 6.07) is 0. The molecule has 4 nitrogen and oxygen atoms in total. The first-order valence-electron chi connectivity index (χ1n) is 11.6. The Hall–Kier alpha value is -1.36. The van der Waals surface area contributed by atoms with Crippen molar-refractivity contribution in [2.75, 3.05) is 11.9 Å². The lowest BCUT2D eigenvalue weighted by Gasteiger charge is -2.55. The smallest absolute Gasteiger partial charge is 0.341 e. The van der Waals surface area contributed by atoms with Gasteiger partial charge in [-0.1, -0.05) is 13.8 Å². The van der Waals surface area contributed by atoms with Crippen molar-refractivity contribution >= 4 is 28.2 Å². The normalized spacial score (nSPS) is 34.7. The first-order valence-corrected chi connectivity index (χ1v) is 12.4. The number of carbonyl (C=O) groups excluding carboxylic acids is 2. The van der Waals surface area contributed by atoms with E-state index in [0.717, 1.165) is 73.3 Å². The third kappa shape index (κ3) is 3.43. The molecule has 6 rings (SSSR count). The Kier molecular flexibility index (Phi) is 5.00. The highest BCUT2D eigenvalue weighted by Crippen LogP contribution is 2.60. The van der Waals surface area contributed by atoms with Gasteiger partial charge in [-0.2, -0.15) is 0 Å². The highest BCUT2D eigenvalue weighted by molar-refractivity contribution is 7.17. The summed E-state index contributed by atoms with van der Waals surface area (Å²) in [4.78, 5) is 27.7. The van der Waals surface area contributed by atoms with Crippen LogP contribution < -0.4 is 5.32 Å². The summed E-state index contributed by atoms with van der Waals surface area (Å²) in [6.07, 6.45) is 10.9. The zero-order chi connectivity index (χ0) is 20.2. The fourth-order valence-electron chi connectivity index (χ4n) is 6.95. The Bertz CT molecular complexity index is 791. The first kappa shape index (κ1) is 19.6. The molecular weight excluding hydrogens is 382 g/mol. The fraction of sp³-hybridized carbons (Fsp3) is 0.750. The third-order valence-electron chi connectivity index (χ3n) is 7.90. The summed E-state index contributed by atoms with van der Waals surface area (Å²) in [5.74, 6) is 2.76. The zero-order valence-electron chi connectivity index (χ0n) is 17.7. The van der Waals surface area contributed by atoms with Crippen LogP contribution in [-0.2, 0) is 22.4 Å². The molecule has 5 heteroatoms. The molecule has 29 heavy (non-hydrogen) atoms. The summed E-state index contributed by atoms with van der Waals surface area (Å²) in [6.45, 7) is 4.71. The van der Waals surface area contributed by atoms with E-state index in [1.165, 1.54) is 24.1 Å². The molecule has 1 N–H and O–H groups in total. The first-order chi connectivity index (χ1) is 14.0. The number of nitrogens with one attached hydrogen (secondary N) is 1. The lowest BCUT2D eigenvalue weighted by atomic mass is 9.49. The molecule has 0 spiro atoms. The molecule has 158 valence electrons. The third-order valence-corrected chi connectivity index (χ3v) is 9.07. The lowest BCUT2D eigenvalue weighted by molar-refractivity contribution is -0.140. The van der Waals surface area contributed by atoms with E-state index in [9.17, 15) is 9.59 Å². The second kappa shape index (κ2) is 7.40. The number of ether oxygens (including phenoxy) is 1. The lowest BCUT2D eigenvalue weighted by Crippen LogP contribution is -2.51. The summed E-state index contributed by atoms with van der Waals surface area (Å²) in [7, 11) is 0. The minimum atomic E-state index is -0.250. The number of thiophene rings is 1. The van der Waals surface area contributed by atoms with Gasteiger partial charge in [-0.15, -0.1) is 11.3 Å². The zero-order valence-corrected chi connectivity index (χ0v) is 18.5. The van der Waals surface area contributed by atoms with Crippen molar-refractivity contribution in [3.05, 3.63) is 16.0 Å². The number of rotatable bonds is 5. The molecule has 0 saturated heterocycles. The van der Waals surface area contributed by atoms with Gasteiger partial charge in [-0.05, 0) is 93.4 Å². The summed E-state index contributed by atoms with van der Waals surface area (Å²) < 4.78 is 5.52. The van der Waals surface area contributed by atoms with E-state index in [2.05, 4.69) is 12.2 Å². The average molecular weight is 416 g/mol. The minimum Gasteiger partial charge on any atom is -0.462 e. The molecule has 5 aliphatic rings. The van der Waals surface area contributed by atoms with Gasteiger partial charge in [0.2, 0.25) is 5.91 Å².